The van der Waals surface area contributed by atoms with Gasteiger partial charge < -0.3 is 10.6 Å². The molecular formula is C25H26N2OS. The molecule has 0 unspecified atom stereocenters. The van der Waals surface area contributed by atoms with Gasteiger partial charge in [-0.25, -0.2) is 0 Å². The van der Waals surface area contributed by atoms with Crippen molar-refractivity contribution in [3.63, 3.8) is 0 Å². The van der Waals surface area contributed by atoms with Crippen LogP contribution in [0.2, 0.25) is 0 Å². The van der Waals surface area contributed by atoms with Gasteiger partial charge in [0.05, 0.1) is 5.92 Å². The van der Waals surface area contributed by atoms with Gasteiger partial charge in [-0.05, 0) is 47.3 Å². The quantitative estimate of drug-likeness (QED) is 0.509. The molecule has 0 radical (unpaired) electrons. The van der Waals surface area contributed by atoms with E-state index in [4.69, 9.17) is 12.2 Å². The van der Waals surface area contributed by atoms with Crippen LogP contribution in [-0.4, -0.2) is 11.0 Å². The van der Waals surface area contributed by atoms with Crippen molar-refractivity contribution in [2.24, 2.45) is 0 Å². The molecule has 3 nitrogen and oxygen atoms in total. The topological polar surface area (TPSA) is 41.1 Å². The fourth-order valence-corrected chi connectivity index (χ4v) is 3.59. The Bertz CT molecular complexity index is 917. The van der Waals surface area contributed by atoms with E-state index in [-0.39, 0.29) is 5.91 Å². The summed E-state index contributed by atoms with van der Waals surface area (Å²) >= 11 is 5.47. The van der Waals surface area contributed by atoms with E-state index in [1.807, 2.05) is 78.9 Å². The van der Waals surface area contributed by atoms with Crippen LogP contribution in [0, 0.1) is 0 Å². The maximum atomic E-state index is 13.2. The molecule has 4 heteroatoms. The third-order valence-electron chi connectivity index (χ3n) is 5.12. The van der Waals surface area contributed by atoms with E-state index in [1.54, 1.807) is 0 Å². The zero-order valence-electron chi connectivity index (χ0n) is 16.8. The average molecular weight is 403 g/mol. The maximum Gasteiger partial charge on any atom is 0.238 e. The van der Waals surface area contributed by atoms with Gasteiger partial charge in [0.25, 0.3) is 0 Å². The van der Waals surface area contributed by atoms with E-state index in [9.17, 15) is 4.79 Å². The van der Waals surface area contributed by atoms with E-state index in [2.05, 4.69) is 30.5 Å². The fourth-order valence-electron chi connectivity index (χ4n) is 3.38. The average Bonchev–Trinajstić information content (AvgIpc) is 2.75. The Morgan fingerprint density at radius 2 is 1.38 bits per heavy atom. The summed E-state index contributed by atoms with van der Waals surface area (Å²) in [5, 5.41) is 6.41. The second kappa shape index (κ2) is 9.99. The van der Waals surface area contributed by atoms with Gasteiger partial charge in [0.1, 0.15) is 0 Å². The van der Waals surface area contributed by atoms with Gasteiger partial charge in [-0.2, -0.15) is 0 Å². The zero-order valence-corrected chi connectivity index (χ0v) is 17.6. The van der Waals surface area contributed by atoms with Crippen molar-refractivity contribution in [3.05, 3.63) is 102 Å². The minimum Gasteiger partial charge on any atom is -0.332 e. The van der Waals surface area contributed by atoms with Gasteiger partial charge in [-0.15, -0.1) is 0 Å². The van der Waals surface area contributed by atoms with Crippen LogP contribution in [-0.2, 0) is 4.79 Å². The lowest BCUT2D eigenvalue weighted by Crippen LogP contribution is -2.38. The Hall–Kier alpha value is -2.98. The molecule has 0 aliphatic rings. The summed E-state index contributed by atoms with van der Waals surface area (Å²) in [6.45, 7) is 4.34. The minimum atomic E-state index is -0.429. The molecule has 3 rings (SSSR count). The highest BCUT2D eigenvalue weighted by atomic mass is 32.1. The molecular weight excluding hydrogens is 376 g/mol. The van der Waals surface area contributed by atoms with Crippen LogP contribution in [0.25, 0.3) is 0 Å². The monoisotopic (exact) mass is 402 g/mol. The molecule has 29 heavy (non-hydrogen) atoms. The van der Waals surface area contributed by atoms with Gasteiger partial charge in [-0.3, -0.25) is 4.79 Å². The first-order valence-electron chi connectivity index (χ1n) is 9.90. The van der Waals surface area contributed by atoms with Gasteiger partial charge in [-0.1, -0.05) is 92.7 Å². The Balaban J connectivity index is 1.79. The molecule has 148 valence electrons. The molecule has 3 aromatic carbocycles. The Morgan fingerprint density at radius 1 is 0.862 bits per heavy atom. The highest BCUT2D eigenvalue weighted by Gasteiger charge is 2.23. The van der Waals surface area contributed by atoms with Crippen LogP contribution in [0.15, 0.2) is 84.9 Å². The number of thiocarbonyl (C=S) groups is 1. The molecule has 0 spiro atoms. The number of amides is 1. The van der Waals surface area contributed by atoms with Gasteiger partial charge >= 0.3 is 0 Å². The summed E-state index contributed by atoms with van der Waals surface area (Å²) in [7, 11) is 0. The predicted molar refractivity (Wildman–Crippen MR) is 124 cm³/mol. The van der Waals surface area contributed by atoms with E-state index < -0.39 is 5.92 Å². The van der Waals surface area contributed by atoms with Gasteiger partial charge in [0.2, 0.25) is 5.91 Å². The van der Waals surface area contributed by atoms with Crippen LogP contribution in [0.1, 0.15) is 48.8 Å². The molecule has 0 fully saturated rings. The lowest BCUT2D eigenvalue weighted by molar-refractivity contribution is -0.120. The number of para-hydroxylation sites is 1. The number of rotatable bonds is 6. The lowest BCUT2D eigenvalue weighted by Gasteiger charge is -2.20. The summed E-state index contributed by atoms with van der Waals surface area (Å²) in [6.07, 6.45) is 1.03. The van der Waals surface area contributed by atoms with Gasteiger partial charge in [0.15, 0.2) is 5.11 Å². The number of hydrogen-bond acceptors (Lipinski definition) is 2. The molecule has 0 saturated heterocycles. The van der Waals surface area contributed by atoms with Crippen LogP contribution in [0.5, 0.6) is 0 Å². The van der Waals surface area contributed by atoms with Gasteiger partial charge in [0, 0.05) is 5.69 Å². The molecule has 1 atom stereocenters. The Labute approximate surface area is 178 Å². The number of carbonyl (C=O) groups is 1. The zero-order chi connectivity index (χ0) is 20.6. The summed E-state index contributed by atoms with van der Waals surface area (Å²) in [5.41, 5.74) is 3.98. The van der Waals surface area contributed by atoms with Crippen molar-refractivity contribution >= 4 is 28.9 Å². The van der Waals surface area contributed by atoms with Crippen LogP contribution in [0.4, 0.5) is 5.69 Å². The minimum absolute atomic E-state index is 0.152. The fraction of sp³-hybridized carbons (Fsp3) is 0.200. The Morgan fingerprint density at radius 3 is 1.93 bits per heavy atom. The van der Waals surface area contributed by atoms with Crippen molar-refractivity contribution in [1.29, 1.82) is 0 Å². The summed E-state index contributed by atoms with van der Waals surface area (Å²) in [6, 6.07) is 27.6. The smallest absolute Gasteiger partial charge is 0.238 e. The van der Waals surface area contributed by atoms with Crippen LogP contribution >= 0.6 is 12.2 Å². The van der Waals surface area contributed by atoms with Crippen molar-refractivity contribution in [3.8, 4) is 0 Å². The number of benzene rings is 3. The highest BCUT2D eigenvalue weighted by Crippen LogP contribution is 2.27. The van der Waals surface area contributed by atoms with E-state index in [0.717, 1.165) is 23.2 Å². The molecule has 0 aliphatic carbocycles. The maximum absolute atomic E-state index is 13.2. The van der Waals surface area contributed by atoms with Crippen molar-refractivity contribution in [2.75, 3.05) is 5.32 Å². The van der Waals surface area contributed by atoms with E-state index in [1.165, 1.54) is 5.56 Å². The predicted octanol–water partition coefficient (Wildman–Crippen LogP) is 5.85. The molecule has 0 aromatic heterocycles. The lowest BCUT2D eigenvalue weighted by atomic mass is 9.90. The largest absolute Gasteiger partial charge is 0.332 e. The first-order chi connectivity index (χ1) is 14.1. The van der Waals surface area contributed by atoms with E-state index >= 15 is 0 Å². The molecule has 2 N–H and O–H groups in total. The first kappa shape index (κ1) is 20.7. The number of carbonyl (C=O) groups excluding carboxylic acids is 1. The molecule has 3 aromatic rings. The van der Waals surface area contributed by atoms with Crippen LogP contribution in [0.3, 0.4) is 0 Å². The normalized spacial score (nSPS) is 11.7. The third-order valence-corrected chi connectivity index (χ3v) is 5.32. The van der Waals surface area contributed by atoms with Crippen molar-refractivity contribution < 1.29 is 4.79 Å². The first-order valence-corrected chi connectivity index (χ1v) is 10.3. The Kier molecular flexibility index (Phi) is 7.14. The summed E-state index contributed by atoms with van der Waals surface area (Å²) in [4.78, 5) is 13.2. The second-order valence-corrected chi connectivity index (χ2v) is 7.50. The van der Waals surface area contributed by atoms with Crippen LogP contribution < -0.4 is 10.6 Å². The number of hydrogen-bond donors (Lipinski definition) is 2. The molecule has 0 bridgehead atoms. The third kappa shape index (κ3) is 5.30. The standard InChI is InChI=1S/C25H26N2OS/c1-3-18(2)21-16-10-11-17-22(21)26-25(29)27-24(28)23(19-12-6-4-7-13-19)20-14-8-5-9-15-20/h4-18,23H,3H2,1-2H3,(H2,26,27,28,29)/t18-/m0/s1. The SMILES string of the molecule is CC[C@H](C)c1ccccc1NC(=S)NC(=O)C(c1ccccc1)c1ccccc1. The number of nitrogens with one attached hydrogen (secondary N) is 2. The highest BCUT2D eigenvalue weighted by molar-refractivity contribution is 7.80. The van der Waals surface area contributed by atoms with Crippen molar-refractivity contribution in [1.82, 2.24) is 5.32 Å². The molecule has 0 heterocycles. The second-order valence-electron chi connectivity index (χ2n) is 7.09. The summed E-state index contributed by atoms with van der Waals surface area (Å²) in [5.74, 6) is -0.179. The molecule has 0 saturated carbocycles. The number of anilines is 1. The van der Waals surface area contributed by atoms with E-state index in [0.29, 0.717) is 11.0 Å². The van der Waals surface area contributed by atoms with Crippen molar-refractivity contribution in [2.45, 2.75) is 32.1 Å². The summed E-state index contributed by atoms with van der Waals surface area (Å²) < 4.78 is 0. The molecule has 0 aliphatic heterocycles. The molecule has 1 amide bonds.